The lowest BCUT2D eigenvalue weighted by Gasteiger charge is -2.19. The normalized spacial score (nSPS) is 12.4. The highest BCUT2D eigenvalue weighted by molar-refractivity contribution is 5.32. The fourth-order valence-electron chi connectivity index (χ4n) is 2.34. The van der Waals surface area contributed by atoms with Crippen molar-refractivity contribution in [3.63, 3.8) is 0 Å². The molecule has 0 bridgehead atoms. The molecule has 0 amide bonds. The van der Waals surface area contributed by atoms with Gasteiger partial charge < -0.3 is 10.1 Å². The van der Waals surface area contributed by atoms with Crippen LogP contribution in [-0.4, -0.2) is 27.9 Å². The molecule has 5 heteroatoms. The van der Waals surface area contributed by atoms with Crippen LogP contribution < -0.4 is 10.1 Å². The van der Waals surface area contributed by atoms with E-state index in [1.165, 1.54) is 0 Å². The molecule has 0 aliphatic heterocycles. The van der Waals surface area contributed by atoms with Crippen LogP contribution in [0.1, 0.15) is 36.8 Å². The van der Waals surface area contributed by atoms with Gasteiger partial charge >= 0.3 is 0 Å². The lowest BCUT2D eigenvalue weighted by Crippen LogP contribution is -2.24. The van der Waals surface area contributed by atoms with Crippen molar-refractivity contribution in [2.24, 2.45) is 7.05 Å². The van der Waals surface area contributed by atoms with Crippen molar-refractivity contribution >= 4 is 0 Å². The van der Waals surface area contributed by atoms with Gasteiger partial charge in [-0.15, -0.1) is 0 Å². The van der Waals surface area contributed by atoms with Crippen molar-refractivity contribution < 1.29 is 4.74 Å². The fraction of sp³-hybridized carbons (Fsp3) is 0.467. The van der Waals surface area contributed by atoms with E-state index >= 15 is 0 Å². The van der Waals surface area contributed by atoms with Crippen LogP contribution in [0.5, 0.6) is 5.75 Å². The Labute approximate surface area is 120 Å². The van der Waals surface area contributed by atoms with Crippen LogP contribution >= 0.6 is 0 Å². The number of nitrogens with zero attached hydrogens (tertiary/aromatic N) is 3. The second-order valence-corrected chi connectivity index (χ2v) is 4.71. The number of aryl methyl sites for hydroxylation is 2. The molecule has 2 aromatic heterocycles. The topological polar surface area (TPSA) is 52.0 Å². The highest BCUT2D eigenvalue weighted by Crippen LogP contribution is 2.24. The molecule has 2 aromatic rings. The monoisotopic (exact) mass is 274 g/mol. The zero-order valence-electron chi connectivity index (χ0n) is 12.6. The maximum Gasteiger partial charge on any atom is 0.137 e. The summed E-state index contributed by atoms with van der Waals surface area (Å²) in [6, 6.07) is 4.20. The van der Waals surface area contributed by atoms with Gasteiger partial charge in [0.15, 0.2) is 0 Å². The van der Waals surface area contributed by atoms with Crippen LogP contribution in [-0.2, 0) is 7.05 Å². The van der Waals surface area contributed by atoms with Crippen LogP contribution in [0.25, 0.3) is 0 Å². The van der Waals surface area contributed by atoms with E-state index in [4.69, 9.17) is 4.74 Å². The molecule has 20 heavy (non-hydrogen) atoms. The lowest BCUT2D eigenvalue weighted by atomic mass is 10.1. The summed E-state index contributed by atoms with van der Waals surface area (Å²) in [5.41, 5.74) is 3.22. The van der Waals surface area contributed by atoms with E-state index in [-0.39, 0.29) is 6.04 Å². The Balaban J connectivity index is 2.37. The van der Waals surface area contributed by atoms with E-state index in [9.17, 15) is 0 Å². The van der Waals surface area contributed by atoms with Crippen LogP contribution in [0.4, 0.5) is 0 Å². The predicted molar refractivity (Wildman–Crippen MR) is 78.9 cm³/mol. The zero-order chi connectivity index (χ0) is 14.5. The number of hydrogen-bond donors (Lipinski definition) is 1. The quantitative estimate of drug-likeness (QED) is 0.877. The molecule has 0 saturated heterocycles. The van der Waals surface area contributed by atoms with Gasteiger partial charge in [0, 0.05) is 13.2 Å². The fourth-order valence-corrected chi connectivity index (χ4v) is 2.34. The molecule has 0 aromatic carbocycles. The van der Waals surface area contributed by atoms with Gasteiger partial charge in [-0.25, -0.2) is 0 Å². The maximum absolute atomic E-state index is 5.53. The van der Waals surface area contributed by atoms with E-state index in [2.05, 4.69) is 28.4 Å². The molecule has 108 valence electrons. The standard InChI is InChI=1S/C15H22N4O/c1-5-17-15(14-7-11(3)18-19(14)4)12-8-13(20-6-2)10-16-9-12/h7-10,15,17H,5-6H2,1-4H3. The van der Waals surface area contributed by atoms with Crippen molar-refractivity contribution in [2.45, 2.75) is 26.8 Å². The maximum atomic E-state index is 5.53. The van der Waals surface area contributed by atoms with E-state index < -0.39 is 0 Å². The van der Waals surface area contributed by atoms with Crippen molar-refractivity contribution in [3.8, 4) is 5.75 Å². The van der Waals surface area contributed by atoms with Gasteiger partial charge in [-0.1, -0.05) is 6.92 Å². The second kappa shape index (κ2) is 6.52. The first-order chi connectivity index (χ1) is 9.65. The summed E-state index contributed by atoms with van der Waals surface area (Å²) < 4.78 is 7.45. The Bertz CT molecular complexity index is 565. The molecule has 0 aliphatic rings. The van der Waals surface area contributed by atoms with E-state index in [1.807, 2.05) is 37.8 Å². The number of ether oxygens (including phenoxy) is 1. The predicted octanol–water partition coefficient (Wildman–Crippen LogP) is 2.22. The first-order valence-corrected chi connectivity index (χ1v) is 6.97. The molecular formula is C15H22N4O. The summed E-state index contributed by atoms with van der Waals surface area (Å²) in [4.78, 5) is 4.27. The summed E-state index contributed by atoms with van der Waals surface area (Å²) in [7, 11) is 1.96. The van der Waals surface area contributed by atoms with Crippen LogP contribution in [0.15, 0.2) is 24.5 Å². The van der Waals surface area contributed by atoms with Gasteiger partial charge in [-0.2, -0.15) is 5.10 Å². The van der Waals surface area contributed by atoms with Crippen molar-refractivity contribution in [1.29, 1.82) is 0 Å². The van der Waals surface area contributed by atoms with Crippen LogP contribution in [0.2, 0.25) is 0 Å². The minimum Gasteiger partial charge on any atom is -0.492 e. The molecule has 2 heterocycles. The molecule has 0 saturated carbocycles. The van der Waals surface area contributed by atoms with Gasteiger partial charge in [0.25, 0.3) is 0 Å². The molecular weight excluding hydrogens is 252 g/mol. The molecule has 1 atom stereocenters. The summed E-state index contributed by atoms with van der Waals surface area (Å²) in [6.45, 7) is 7.58. The van der Waals surface area contributed by atoms with Crippen LogP contribution in [0.3, 0.4) is 0 Å². The first-order valence-electron chi connectivity index (χ1n) is 6.97. The van der Waals surface area contributed by atoms with Crippen LogP contribution in [0, 0.1) is 6.92 Å². The average molecular weight is 274 g/mol. The minimum atomic E-state index is 0.0686. The molecule has 5 nitrogen and oxygen atoms in total. The third-order valence-corrected chi connectivity index (χ3v) is 3.12. The molecule has 2 rings (SSSR count). The highest BCUT2D eigenvalue weighted by Gasteiger charge is 2.18. The molecule has 0 fully saturated rings. The number of hydrogen-bond acceptors (Lipinski definition) is 4. The molecule has 0 aliphatic carbocycles. The van der Waals surface area contributed by atoms with Gasteiger partial charge in [0.05, 0.1) is 30.2 Å². The number of aromatic nitrogens is 3. The van der Waals surface area contributed by atoms with E-state index in [1.54, 1.807) is 6.20 Å². The third kappa shape index (κ3) is 3.17. The Morgan fingerprint density at radius 3 is 2.70 bits per heavy atom. The summed E-state index contributed by atoms with van der Waals surface area (Å²) in [5.74, 6) is 0.798. The van der Waals surface area contributed by atoms with Gasteiger partial charge in [0.1, 0.15) is 5.75 Å². The Morgan fingerprint density at radius 1 is 1.30 bits per heavy atom. The number of pyridine rings is 1. The van der Waals surface area contributed by atoms with Gasteiger partial charge in [-0.3, -0.25) is 9.67 Å². The summed E-state index contributed by atoms with van der Waals surface area (Å²) >= 11 is 0. The number of nitrogens with one attached hydrogen (secondary N) is 1. The smallest absolute Gasteiger partial charge is 0.137 e. The largest absolute Gasteiger partial charge is 0.492 e. The molecule has 1 N–H and O–H groups in total. The third-order valence-electron chi connectivity index (χ3n) is 3.12. The SMILES string of the molecule is CCNC(c1cncc(OCC)c1)c1cc(C)nn1C. The summed E-state index contributed by atoms with van der Waals surface area (Å²) in [5, 5.41) is 7.91. The van der Waals surface area contributed by atoms with Crippen molar-refractivity contribution in [1.82, 2.24) is 20.1 Å². The van der Waals surface area contributed by atoms with E-state index in [0.717, 1.165) is 29.2 Å². The molecule has 0 spiro atoms. The molecule has 0 radical (unpaired) electrons. The van der Waals surface area contributed by atoms with Gasteiger partial charge in [0.2, 0.25) is 0 Å². The Hall–Kier alpha value is -1.88. The second-order valence-electron chi connectivity index (χ2n) is 4.71. The highest BCUT2D eigenvalue weighted by atomic mass is 16.5. The molecule has 1 unspecified atom stereocenters. The minimum absolute atomic E-state index is 0.0686. The van der Waals surface area contributed by atoms with Gasteiger partial charge in [-0.05, 0) is 38.1 Å². The Kier molecular flexibility index (Phi) is 4.74. The first kappa shape index (κ1) is 14.5. The van der Waals surface area contributed by atoms with Crippen molar-refractivity contribution in [2.75, 3.05) is 13.2 Å². The lowest BCUT2D eigenvalue weighted by molar-refractivity contribution is 0.338. The number of rotatable bonds is 6. The zero-order valence-corrected chi connectivity index (χ0v) is 12.6. The average Bonchev–Trinajstić information content (AvgIpc) is 2.75. The van der Waals surface area contributed by atoms with Crippen molar-refractivity contribution in [3.05, 3.63) is 41.5 Å². The Morgan fingerprint density at radius 2 is 2.10 bits per heavy atom. The van der Waals surface area contributed by atoms with E-state index in [0.29, 0.717) is 6.61 Å². The summed E-state index contributed by atoms with van der Waals surface area (Å²) in [6.07, 6.45) is 3.61.